The Morgan fingerprint density at radius 1 is 1.21 bits per heavy atom. The molecule has 0 saturated heterocycles. The first-order valence-electron chi connectivity index (χ1n) is 4.52. The molecule has 0 heterocycles. The van der Waals surface area contributed by atoms with Gasteiger partial charge in [-0.25, -0.2) is 0 Å². The summed E-state index contributed by atoms with van der Waals surface area (Å²) in [5.74, 6) is -0.348. The maximum Gasteiger partial charge on any atom is 0.218 e. The van der Waals surface area contributed by atoms with Gasteiger partial charge in [0.05, 0.1) is 6.10 Å². The molecule has 1 unspecified atom stereocenters. The molecule has 0 aromatic heterocycles. The molecular weight excluding hydrogens is 184 g/mol. The normalized spacial score (nSPS) is 12.4. The van der Waals surface area contributed by atoms with Crippen LogP contribution >= 0.6 is 0 Å². The van der Waals surface area contributed by atoms with E-state index in [1.165, 1.54) is 13.8 Å². The number of nitrogens with one attached hydrogen (secondary N) is 2. The van der Waals surface area contributed by atoms with E-state index < -0.39 is 0 Å². The lowest BCUT2D eigenvalue weighted by atomic mass is 10.2. The zero-order chi connectivity index (χ0) is 11.1. The topological polar surface area (TPSA) is 67.4 Å². The summed E-state index contributed by atoms with van der Waals surface area (Å²) in [7, 11) is 1.59. The van der Waals surface area contributed by atoms with Crippen molar-refractivity contribution in [3.8, 4) is 0 Å². The number of carbonyl (C=O) groups excluding carboxylic acids is 2. The van der Waals surface area contributed by atoms with Gasteiger partial charge in [-0.15, -0.1) is 0 Å². The molecule has 0 spiro atoms. The van der Waals surface area contributed by atoms with E-state index in [-0.39, 0.29) is 24.1 Å². The average molecular weight is 202 g/mol. The third-order valence-electron chi connectivity index (χ3n) is 1.72. The maximum atomic E-state index is 10.8. The minimum atomic E-state index is -0.361. The van der Waals surface area contributed by atoms with E-state index in [1.807, 2.05) is 6.92 Å². The fourth-order valence-electron chi connectivity index (χ4n) is 1.07. The van der Waals surface area contributed by atoms with E-state index in [4.69, 9.17) is 4.74 Å². The van der Waals surface area contributed by atoms with Gasteiger partial charge in [0.15, 0.2) is 0 Å². The van der Waals surface area contributed by atoms with Crippen molar-refractivity contribution in [1.29, 1.82) is 0 Å². The zero-order valence-electron chi connectivity index (χ0n) is 9.09. The van der Waals surface area contributed by atoms with Crippen LogP contribution in [-0.4, -0.2) is 31.2 Å². The van der Waals surface area contributed by atoms with Crippen molar-refractivity contribution in [3.05, 3.63) is 0 Å². The molecule has 0 rings (SSSR count). The lowest BCUT2D eigenvalue weighted by Crippen LogP contribution is -2.48. The highest BCUT2D eigenvalue weighted by Crippen LogP contribution is 1.98. The molecule has 82 valence electrons. The monoisotopic (exact) mass is 202 g/mol. The standard InChI is InChI=1S/C9H18N2O3/c1-6(14-4)5-9(10-7(2)12)11-8(3)13/h6,9H,5H2,1-4H3,(H,10,12)(H,11,13). The van der Waals surface area contributed by atoms with Crippen LogP contribution in [0.1, 0.15) is 27.2 Å². The number of rotatable bonds is 5. The SMILES string of the molecule is COC(C)CC(NC(C)=O)NC(C)=O. The molecule has 0 aromatic rings. The molecule has 0 aliphatic heterocycles. The Bertz CT molecular complexity index is 190. The highest BCUT2D eigenvalue weighted by Gasteiger charge is 2.14. The van der Waals surface area contributed by atoms with Gasteiger partial charge < -0.3 is 15.4 Å². The van der Waals surface area contributed by atoms with Gasteiger partial charge in [0.25, 0.3) is 0 Å². The largest absolute Gasteiger partial charge is 0.382 e. The fraction of sp³-hybridized carbons (Fsp3) is 0.778. The van der Waals surface area contributed by atoms with Gasteiger partial charge >= 0.3 is 0 Å². The Hall–Kier alpha value is -1.10. The van der Waals surface area contributed by atoms with E-state index in [0.717, 1.165) is 0 Å². The Balaban J connectivity index is 4.09. The Morgan fingerprint density at radius 3 is 1.93 bits per heavy atom. The van der Waals surface area contributed by atoms with Crippen LogP contribution in [0.5, 0.6) is 0 Å². The highest BCUT2D eigenvalue weighted by atomic mass is 16.5. The summed E-state index contributed by atoms with van der Waals surface area (Å²) in [6.45, 7) is 4.69. The van der Waals surface area contributed by atoms with E-state index in [0.29, 0.717) is 6.42 Å². The highest BCUT2D eigenvalue weighted by molar-refractivity contribution is 5.76. The quantitative estimate of drug-likeness (QED) is 0.617. The molecule has 0 aliphatic rings. The van der Waals surface area contributed by atoms with Crippen LogP contribution in [-0.2, 0) is 14.3 Å². The summed E-state index contributed by atoms with van der Waals surface area (Å²) >= 11 is 0. The molecule has 14 heavy (non-hydrogen) atoms. The molecule has 2 amide bonds. The predicted octanol–water partition coefficient (Wildman–Crippen LogP) is 0.00970. The van der Waals surface area contributed by atoms with Crippen molar-refractivity contribution in [2.24, 2.45) is 0 Å². The van der Waals surface area contributed by atoms with Crippen molar-refractivity contribution >= 4 is 11.8 Å². The number of amides is 2. The summed E-state index contributed by atoms with van der Waals surface area (Å²) in [6, 6.07) is 0. The van der Waals surface area contributed by atoms with Crippen molar-refractivity contribution in [2.45, 2.75) is 39.5 Å². The first-order valence-corrected chi connectivity index (χ1v) is 4.52. The first-order chi connectivity index (χ1) is 6.45. The van der Waals surface area contributed by atoms with Crippen LogP contribution in [0.3, 0.4) is 0 Å². The van der Waals surface area contributed by atoms with Crippen molar-refractivity contribution in [1.82, 2.24) is 10.6 Å². The smallest absolute Gasteiger partial charge is 0.218 e. The fourth-order valence-corrected chi connectivity index (χ4v) is 1.07. The minimum absolute atomic E-state index is 0.0151. The van der Waals surface area contributed by atoms with Crippen LogP contribution < -0.4 is 10.6 Å². The van der Waals surface area contributed by atoms with Crippen molar-refractivity contribution in [3.63, 3.8) is 0 Å². The number of hydrogen-bond donors (Lipinski definition) is 2. The second-order valence-electron chi connectivity index (χ2n) is 3.24. The van der Waals surface area contributed by atoms with Gasteiger partial charge in [0.1, 0.15) is 6.17 Å². The van der Waals surface area contributed by atoms with Crippen LogP contribution in [0.15, 0.2) is 0 Å². The molecular formula is C9H18N2O3. The second kappa shape index (κ2) is 6.37. The van der Waals surface area contributed by atoms with E-state index in [2.05, 4.69) is 10.6 Å². The van der Waals surface area contributed by atoms with Crippen molar-refractivity contribution < 1.29 is 14.3 Å². The van der Waals surface area contributed by atoms with Crippen LogP contribution in [0.25, 0.3) is 0 Å². The van der Waals surface area contributed by atoms with Crippen LogP contribution in [0.4, 0.5) is 0 Å². The predicted molar refractivity (Wildman–Crippen MR) is 52.5 cm³/mol. The van der Waals surface area contributed by atoms with Gasteiger partial charge in [-0.05, 0) is 6.92 Å². The molecule has 0 saturated carbocycles. The molecule has 5 nitrogen and oxygen atoms in total. The summed E-state index contributed by atoms with van der Waals surface area (Å²) in [5.41, 5.74) is 0. The number of methoxy groups -OCH3 is 1. The first kappa shape index (κ1) is 12.9. The molecule has 2 N–H and O–H groups in total. The third kappa shape index (κ3) is 6.42. The van der Waals surface area contributed by atoms with Gasteiger partial charge in [-0.3, -0.25) is 9.59 Å². The summed E-state index contributed by atoms with van der Waals surface area (Å²) < 4.78 is 5.04. The summed E-state index contributed by atoms with van der Waals surface area (Å²) in [6.07, 6.45) is 0.175. The molecule has 5 heteroatoms. The zero-order valence-corrected chi connectivity index (χ0v) is 9.09. The minimum Gasteiger partial charge on any atom is -0.382 e. The average Bonchev–Trinajstić information content (AvgIpc) is 2.01. The summed E-state index contributed by atoms with van der Waals surface area (Å²) in [4.78, 5) is 21.6. The van der Waals surface area contributed by atoms with E-state index in [9.17, 15) is 9.59 Å². The molecule has 0 bridgehead atoms. The Labute approximate surface area is 84.2 Å². The molecule has 1 atom stereocenters. The van der Waals surface area contributed by atoms with E-state index in [1.54, 1.807) is 7.11 Å². The maximum absolute atomic E-state index is 10.8. The van der Waals surface area contributed by atoms with Gasteiger partial charge in [-0.1, -0.05) is 0 Å². The molecule has 0 aliphatic carbocycles. The van der Waals surface area contributed by atoms with Gasteiger partial charge in [-0.2, -0.15) is 0 Å². The van der Waals surface area contributed by atoms with Gasteiger partial charge in [0, 0.05) is 27.4 Å². The van der Waals surface area contributed by atoms with Crippen LogP contribution in [0.2, 0.25) is 0 Å². The van der Waals surface area contributed by atoms with E-state index >= 15 is 0 Å². The molecule has 0 radical (unpaired) electrons. The molecule has 0 aromatic carbocycles. The van der Waals surface area contributed by atoms with Crippen LogP contribution in [0, 0.1) is 0 Å². The van der Waals surface area contributed by atoms with Gasteiger partial charge in [0.2, 0.25) is 11.8 Å². The second-order valence-corrected chi connectivity index (χ2v) is 3.24. The lowest BCUT2D eigenvalue weighted by molar-refractivity contribution is -0.122. The lowest BCUT2D eigenvalue weighted by Gasteiger charge is -2.21. The Morgan fingerprint density at radius 2 is 1.64 bits per heavy atom. The van der Waals surface area contributed by atoms with Crippen molar-refractivity contribution in [2.75, 3.05) is 7.11 Å². The number of carbonyl (C=O) groups is 2. The number of ether oxygens (including phenoxy) is 1. The molecule has 0 fully saturated rings. The third-order valence-corrected chi connectivity index (χ3v) is 1.72. The summed E-state index contributed by atoms with van der Waals surface area (Å²) in [5, 5.41) is 5.25. The Kier molecular flexibility index (Phi) is 5.87. The number of hydrogen-bond acceptors (Lipinski definition) is 3.